The van der Waals surface area contributed by atoms with E-state index in [-0.39, 0.29) is 23.0 Å². The molecule has 0 saturated carbocycles. The normalized spacial score (nSPS) is 11.9. The highest BCUT2D eigenvalue weighted by atomic mass is 35.5. The number of hydrogen-bond acceptors (Lipinski definition) is 5. The van der Waals surface area contributed by atoms with Crippen LogP contribution in [0, 0.1) is 13.8 Å². The van der Waals surface area contributed by atoms with E-state index in [1.807, 2.05) is 26.8 Å². The fraction of sp³-hybridized carbons (Fsp3) is 0.333. The lowest BCUT2D eigenvalue weighted by Gasteiger charge is -2.33. The summed E-state index contributed by atoms with van der Waals surface area (Å²) in [7, 11) is -2.62. The van der Waals surface area contributed by atoms with Gasteiger partial charge in [0.05, 0.1) is 17.7 Å². The molecule has 0 fully saturated rings. The van der Waals surface area contributed by atoms with Gasteiger partial charge in [0.1, 0.15) is 18.3 Å². The zero-order valence-electron chi connectivity index (χ0n) is 23.5. The van der Waals surface area contributed by atoms with Crippen molar-refractivity contribution in [2.24, 2.45) is 0 Å². The first-order valence-corrected chi connectivity index (χ1v) is 14.9. The predicted molar refractivity (Wildman–Crippen MR) is 158 cm³/mol. The summed E-state index contributed by atoms with van der Waals surface area (Å²) in [5, 5.41) is 3.16. The molecular formula is C30H36ClN3O5S. The van der Waals surface area contributed by atoms with E-state index in [4.69, 9.17) is 16.3 Å². The van der Waals surface area contributed by atoms with Gasteiger partial charge < -0.3 is 15.0 Å². The lowest BCUT2D eigenvalue weighted by Crippen LogP contribution is -2.52. The summed E-state index contributed by atoms with van der Waals surface area (Å²) < 4.78 is 34.2. The molecule has 1 unspecified atom stereocenters. The van der Waals surface area contributed by atoms with Crippen LogP contribution in [0.1, 0.15) is 37.0 Å². The minimum Gasteiger partial charge on any atom is -0.497 e. The molecule has 10 heteroatoms. The van der Waals surface area contributed by atoms with Crippen LogP contribution in [0.2, 0.25) is 5.02 Å². The van der Waals surface area contributed by atoms with Gasteiger partial charge in [-0.25, -0.2) is 8.42 Å². The first-order valence-electron chi connectivity index (χ1n) is 13.1. The number of halogens is 1. The molecule has 0 spiro atoms. The van der Waals surface area contributed by atoms with Crippen LogP contribution in [0.15, 0.2) is 71.6 Å². The van der Waals surface area contributed by atoms with Gasteiger partial charge in [0.25, 0.3) is 10.0 Å². The number of ether oxygens (including phenoxy) is 1. The molecule has 0 aliphatic rings. The fourth-order valence-electron chi connectivity index (χ4n) is 4.28. The van der Waals surface area contributed by atoms with Crippen molar-refractivity contribution < 1.29 is 22.7 Å². The summed E-state index contributed by atoms with van der Waals surface area (Å²) >= 11 is 6.38. The van der Waals surface area contributed by atoms with E-state index in [2.05, 4.69) is 5.32 Å². The number of hydrogen-bond donors (Lipinski definition) is 1. The lowest BCUT2D eigenvalue weighted by molar-refractivity contribution is -0.140. The summed E-state index contributed by atoms with van der Waals surface area (Å²) in [4.78, 5) is 28.6. The van der Waals surface area contributed by atoms with Gasteiger partial charge in [-0.2, -0.15) is 0 Å². The van der Waals surface area contributed by atoms with Crippen LogP contribution in [-0.4, -0.2) is 51.4 Å². The highest BCUT2D eigenvalue weighted by Crippen LogP contribution is 2.29. The third-order valence-electron chi connectivity index (χ3n) is 6.56. The molecule has 40 heavy (non-hydrogen) atoms. The van der Waals surface area contributed by atoms with Gasteiger partial charge in [-0.3, -0.25) is 13.9 Å². The van der Waals surface area contributed by atoms with E-state index in [1.54, 1.807) is 56.5 Å². The number of methoxy groups -OCH3 is 1. The summed E-state index contributed by atoms with van der Waals surface area (Å²) in [5.74, 6) is -0.241. The fourth-order valence-corrected chi connectivity index (χ4v) is 5.86. The average molecular weight is 586 g/mol. The Balaban J connectivity index is 2.09. The first-order chi connectivity index (χ1) is 19.0. The van der Waals surface area contributed by atoms with E-state index in [1.165, 1.54) is 23.1 Å². The Morgan fingerprint density at radius 2 is 1.70 bits per heavy atom. The van der Waals surface area contributed by atoms with Gasteiger partial charge in [0.2, 0.25) is 11.8 Å². The molecule has 0 aliphatic heterocycles. The quantitative estimate of drug-likeness (QED) is 0.319. The average Bonchev–Trinajstić information content (AvgIpc) is 2.93. The molecule has 3 aromatic carbocycles. The number of amides is 2. The maximum absolute atomic E-state index is 14.1. The van der Waals surface area contributed by atoms with E-state index in [9.17, 15) is 18.0 Å². The molecule has 3 rings (SSSR count). The molecule has 0 aliphatic carbocycles. The summed E-state index contributed by atoms with van der Waals surface area (Å²) in [6.45, 7) is 7.23. The van der Waals surface area contributed by atoms with Crippen LogP contribution in [-0.2, 0) is 26.2 Å². The number of anilines is 1. The topological polar surface area (TPSA) is 96.0 Å². The van der Waals surface area contributed by atoms with Gasteiger partial charge in [0.15, 0.2) is 0 Å². The van der Waals surface area contributed by atoms with Crippen molar-refractivity contribution in [3.05, 3.63) is 88.4 Å². The van der Waals surface area contributed by atoms with Gasteiger partial charge in [-0.05, 0) is 74.7 Å². The largest absolute Gasteiger partial charge is 0.497 e. The third-order valence-corrected chi connectivity index (χ3v) is 8.75. The monoisotopic (exact) mass is 585 g/mol. The summed E-state index contributed by atoms with van der Waals surface area (Å²) in [6, 6.07) is 17.7. The van der Waals surface area contributed by atoms with E-state index in [0.29, 0.717) is 23.7 Å². The van der Waals surface area contributed by atoms with Crippen molar-refractivity contribution in [1.82, 2.24) is 10.2 Å². The molecule has 1 N–H and O–H groups in total. The molecule has 0 aromatic heterocycles. The SMILES string of the molecule is CCNC(=O)C(CC)N(Cc1cccc(OC)c1)C(=O)CN(c1ccc(C)c(Cl)c1)S(=O)(=O)c1ccc(C)cc1. The Kier molecular flexibility index (Phi) is 10.6. The first kappa shape index (κ1) is 31.0. The molecule has 0 bridgehead atoms. The zero-order valence-corrected chi connectivity index (χ0v) is 25.1. The minimum atomic E-state index is -4.17. The van der Waals surface area contributed by atoms with E-state index in [0.717, 1.165) is 21.0 Å². The molecule has 2 amide bonds. The van der Waals surface area contributed by atoms with Gasteiger partial charge in [-0.15, -0.1) is 0 Å². The van der Waals surface area contributed by atoms with Crippen molar-refractivity contribution in [1.29, 1.82) is 0 Å². The van der Waals surface area contributed by atoms with Crippen molar-refractivity contribution in [2.75, 3.05) is 24.5 Å². The number of benzene rings is 3. The third kappa shape index (κ3) is 7.34. The van der Waals surface area contributed by atoms with Crippen molar-refractivity contribution >= 4 is 39.1 Å². The number of carbonyl (C=O) groups is 2. The van der Waals surface area contributed by atoms with Crippen LogP contribution >= 0.6 is 11.6 Å². The van der Waals surface area contributed by atoms with Crippen molar-refractivity contribution in [3.8, 4) is 5.75 Å². The van der Waals surface area contributed by atoms with Gasteiger partial charge in [0, 0.05) is 18.1 Å². The van der Waals surface area contributed by atoms with Gasteiger partial charge in [-0.1, -0.05) is 54.4 Å². The Bertz CT molecular complexity index is 1440. The van der Waals surface area contributed by atoms with Crippen LogP contribution < -0.4 is 14.4 Å². The maximum Gasteiger partial charge on any atom is 0.264 e. The smallest absolute Gasteiger partial charge is 0.264 e. The number of nitrogens with zero attached hydrogens (tertiary/aromatic N) is 2. The molecular weight excluding hydrogens is 550 g/mol. The highest BCUT2D eigenvalue weighted by Gasteiger charge is 2.33. The molecule has 3 aromatic rings. The van der Waals surface area contributed by atoms with Crippen LogP contribution in [0.3, 0.4) is 0 Å². The van der Waals surface area contributed by atoms with E-state index >= 15 is 0 Å². The van der Waals surface area contributed by atoms with Crippen LogP contribution in [0.4, 0.5) is 5.69 Å². The Hall–Kier alpha value is -3.56. The molecule has 0 radical (unpaired) electrons. The predicted octanol–water partition coefficient (Wildman–Crippen LogP) is 5.10. The number of nitrogens with one attached hydrogen (secondary N) is 1. The Morgan fingerprint density at radius 3 is 2.30 bits per heavy atom. The number of carbonyl (C=O) groups excluding carboxylic acids is 2. The van der Waals surface area contributed by atoms with Gasteiger partial charge >= 0.3 is 0 Å². The lowest BCUT2D eigenvalue weighted by atomic mass is 10.1. The summed E-state index contributed by atoms with van der Waals surface area (Å²) in [6.07, 6.45) is 0.336. The molecule has 1 atom stereocenters. The Morgan fingerprint density at radius 1 is 1.00 bits per heavy atom. The Labute approximate surface area is 241 Å². The molecule has 0 saturated heterocycles. The number of rotatable bonds is 12. The van der Waals surface area contributed by atoms with Crippen LogP contribution in [0.5, 0.6) is 5.75 Å². The minimum absolute atomic E-state index is 0.0395. The molecule has 0 heterocycles. The molecule has 8 nitrogen and oxygen atoms in total. The second kappa shape index (κ2) is 13.7. The maximum atomic E-state index is 14.1. The van der Waals surface area contributed by atoms with Crippen molar-refractivity contribution in [3.63, 3.8) is 0 Å². The van der Waals surface area contributed by atoms with E-state index < -0.39 is 28.5 Å². The number of likely N-dealkylation sites (N-methyl/N-ethyl adjacent to an activating group) is 1. The highest BCUT2D eigenvalue weighted by molar-refractivity contribution is 7.92. The second-order valence-corrected chi connectivity index (χ2v) is 11.7. The standard InChI is InChI=1S/C30H36ClN3O5S/c1-6-28(30(36)32-7-2)33(19-23-9-8-10-25(17-23)39-5)29(35)20-34(24-14-13-22(4)27(31)18-24)40(37,38)26-15-11-21(3)12-16-26/h8-18,28H,6-7,19-20H2,1-5H3,(H,32,36). The number of sulfonamides is 1. The summed E-state index contributed by atoms with van der Waals surface area (Å²) in [5.41, 5.74) is 2.65. The molecule has 214 valence electrons. The zero-order chi connectivity index (χ0) is 29.4. The second-order valence-electron chi connectivity index (χ2n) is 9.45. The van der Waals surface area contributed by atoms with Crippen molar-refractivity contribution in [2.45, 2.75) is 51.6 Å². The van der Waals surface area contributed by atoms with Crippen LogP contribution in [0.25, 0.3) is 0 Å². The number of aryl methyl sites for hydroxylation is 2.